The van der Waals surface area contributed by atoms with Gasteiger partial charge >= 0.3 is 0 Å². The minimum absolute atomic E-state index is 0.653. The van der Waals surface area contributed by atoms with Crippen molar-refractivity contribution >= 4 is 27.6 Å². The maximum absolute atomic E-state index is 4.96. The molecule has 7 aromatic carbocycles. The van der Waals surface area contributed by atoms with E-state index in [2.05, 4.69) is 103 Å². The molecule has 1 heterocycles. The molecule has 226 valence electrons. The minimum Gasteiger partial charge on any atom is -0.208 e. The summed E-state index contributed by atoms with van der Waals surface area (Å²) in [6.07, 6.45) is 6.79. The van der Waals surface area contributed by atoms with Crippen molar-refractivity contribution in [3.8, 4) is 56.4 Å². The fourth-order valence-electron chi connectivity index (χ4n) is 7.01. The predicted octanol–water partition coefficient (Wildman–Crippen LogP) is 11.5. The molecule has 1 aliphatic carbocycles. The first-order chi connectivity index (χ1) is 23.8. The third-order valence-electron chi connectivity index (χ3n) is 9.37. The van der Waals surface area contributed by atoms with Crippen LogP contribution in [0.25, 0.3) is 84.0 Å². The molecule has 0 bridgehead atoms. The Morgan fingerprint density at radius 1 is 0.354 bits per heavy atom. The molecule has 0 saturated carbocycles. The summed E-state index contributed by atoms with van der Waals surface area (Å²) in [7, 11) is 0. The van der Waals surface area contributed by atoms with Gasteiger partial charge in [-0.3, -0.25) is 0 Å². The van der Waals surface area contributed by atoms with E-state index < -0.39 is 0 Å². The van der Waals surface area contributed by atoms with Crippen LogP contribution < -0.4 is 0 Å². The van der Waals surface area contributed by atoms with Gasteiger partial charge in [0.25, 0.3) is 0 Å². The molecule has 9 rings (SSSR count). The molecule has 3 nitrogen and oxygen atoms in total. The highest BCUT2D eigenvalue weighted by atomic mass is 15.0. The van der Waals surface area contributed by atoms with E-state index in [9.17, 15) is 0 Å². The van der Waals surface area contributed by atoms with Gasteiger partial charge in [-0.15, -0.1) is 0 Å². The average Bonchev–Trinajstić information content (AvgIpc) is 3.18. The summed E-state index contributed by atoms with van der Waals surface area (Å²) in [6.45, 7) is 0. The topological polar surface area (TPSA) is 38.7 Å². The smallest absolute Gasteiger partial charge is 0.164 e. The Balaban J connectivity index is 1.13. The summed E-state index contributed by atoms with van der Waals surface area (Å²) in [5, 5.41) is 5.33. The third kappa shape index (κ3) is 5.06. The number of allylic oxidation sites excluding steroid dienone is 1. The Morgan fingerprint density at radius 3 is 1.50 bits per heavy atom. The largest absolute Gasteiger partial charge is 0.208 e. The summed E-state index contributed by atoms with van der Waals surface area (Å²) >= 11 is 0. The van der Waals surface area contributed by atoms with Crippen molar-refractivity contribution in [1.82, 2.24) is 15.0 Å². The minimum atomic E-state index is 0.653. The van der Waals surface area contributed by atoms with Crippen molar-refractivity contribution < 1.29 is 0 Å². The zero-order valence-electron chi connectivity index (χ0n) is 26.3. The van der Waals surface area contributed by atoms with Crippen LogP contribution in [-0.2, 0) is 6.42 Å². The summed E-state index contributed by atoms with van der Waals surface area (Å²) in [5.74, 6) is 1.97. The van der Waals surface area contributed by atoms with Gasteiger partial charge in [-0.05, 0) is 86.0 Å². The summed E-state index contributed by atoms with van der Waals surface area (Å²) < 4.78 is 0. The molecule has 0 atom stereocenters. The van der Waals surface area contributed by atoms with Gasteiger partial charge in [0.2, 0.25) is 0 Å². The third-order valence-corrected chi connectivity index (χ3v) is 9.37. The van der Waals surface area contributed by atoms with Crippen LogP contribution in [-0.4, -0.2) is 15.0 Å². The first kappa shape index (κ1) is 28.1. The van der Waals surface area contributed by atoms with Crippen LogP contribution in [0.5, 0.6) is 0 Å². The molecule has 0 fully saturated rings. The molecular weight excluding hydrogens is 583 g/mol. The number of hydrogen-bond donors (Lipinski definition) is 0. The molecule has 0 amide bonds. The SMILES string of the molecule is C1=Cc2c(c3ccc(-c4cccc(-c5cccc(-c6nc(-c7ccccc7)nc(-c7ccccc7)n6)c5)c4)cc3c3ccccc23)CC1. The molecule has 0 N–H and O–H groups in total. The Bertz CT molecular complexity index is 2440. The first-order valence-corrected chi connectivity index (χ1v) is 16.5. The molecule has 0 spiro atoms. The van der Waals surface area contributed by atoms with Crippen molar-refractivity contribution in [2.75, 3.05) is 0 Å². The molecule has 0 radical (unpaired) electrons. The number of benzene rings is 7. The Morgan fingerprint density at radius 2 is 0.854 bits per heavy atom. The summed E-state index contributed by atoms with van der Waals surface area (Å²) in [6, 6.07) is 53.4. The molecule has 48 heavy (non-hydrogen) atoms. The highest BCUT2D eigenvalue weighted by molar-refractivity contribution is 6.14. The molecular formula is C45H31N3. The van der Waals surface area contributed by atoms with E-state index in [0.29, 0.717) is 17.5 Å². The lowest BCUT2D eigenvalue weighted by molar-refractivity contribution is 1.00. The van der Waals surface area contributed by atoms with Gasteiger partial charge in [-0.2, -0.15) is 0 Å². The van der Waals surface area contributed by atoms with Crippen LogP contribution >= 0.6 is 0 Å². The lowest BCUT2D eigenvalue weighted by Gasteiger charge is -2.18. The van der Waals surface area contributed by atoms with Gasteiger partial charge in [0.15, 0.2) is 17.5 Å². The van der Waals surface area contributed by atoms with Crippen LogP contribution in [0.3, 0.4) is 0 Å². The number of aromatic nitrogens is 3. The second kappa shape index (κ2) is 11.9. The van der Waals surface area contributed by atoms with E-state index in [1.165, 1.54) is 43.8 Å². The van der Waals surface area contributed by atoms with E-state index in [1.807, 2.05) is 60.7 Å². The van der Waals surface area contributed by atoms with Crippen LogP contribution in [0.1, 0.15) is 17.5 Å². The van der Waals surface area contributed by atoms with E-state index in [1.54, 1.807) is 0 Å². The first-order valence-electron chi connectivity index (χ1n) is 16.5. The Kier molecular flexibility index (Phi) is 6.94. The summed E-state index contributed by atoms with van der Waals surface area (Å²) in [4.78, 5) is 14.8. The molecule has 0 unspecified atom stereocenters. The van der Waals surface area contributed by atoms with Gasteiger partial charge in [-0.25, -0.2) is 15.0 Å². The van der Waals surface area contributed by atoms with Gasteiger partial charge in [0.1, 0.15) is 0 Å². The number of aryl methyl sites for hydroxylation is 1. The van der Waals surface area contributed by atoms with E-state index in [0.717, 1.165) is 40.7 Å². The number of nitrogens with zero attached hydrogens (tertiary/aromatic N) is 3. The van der Waals surface area contributed by atoms with Crippen LogP contribution in [0, 0.1) is 0 Å². The average molecular weight is 614 g/mol. The van der Waals surface area contributed by atoms with Crippen molar-refractivity contribution in [3.05, 3.63) is 169 Å². The predicted molar refractivity (Wildman–Crippen MR) is 199 cm³/mol. The van der Waals surface area contributed by atoms with Crippen molar-refractivity contribution in [3.63, 3.8) is 0 Å². The van der Waals surface area contributed by atoms with E-state index >= 15 is 0 Å². The van der Waals surface area contributed by atoms with Crippen molar-refractivity contribution in [1.29, 1.82) is 0 Å². The molecule has 3 heteroatoms. The number of rotatable bonds is 5. The quantitative estimate of drug-likeness (QED) is 0.181. The van der Waals surface area contributed by atoms with E-state index in [-0.39, 0.29) is 0 Å². The number of hydrogen-bond acceptors (Lipinski definition) is 3. The van der Waals surface area contributed by atoms with Crippen LogP contribution in [0.2, 0.25) is 0 Å². The molecule has 0 saturated heterocycles. The van der Waals surface area contributed by atoms with Gasteiger partial charge in [0, 0.05) is 16.7 Å². The maximum atomic E-state index is 4.96. The zero-order valence-corrected chi connectivity index (χ0v) is 26.3. The Labute approximate surface area is 280 Å². The molecule has 1 aromatic heterocycles. The van der Waals surface area contributed by atoms with Gasteiger partial charge < -0.3 is 0 Å². The highest BCUT2D eigenvalue weighted by Gasteiger charge is 2.16. The van der Waals surface area contributed by atoms with Gasteiger partial charge in [-0.1, -0.05) is 146 Å². The standard InChI is InChI=1S/C45H31N3/c1-3-13-30(14-4-1)43-46-44(31-15-5-2-6-16-31)48-45(47-43)36-20-12-19-34(28-36)32-17-11-18-33(27-32)35-25-26-41-39-23-8-7-21-37(39)38-22-9-10-24-40(38)42(41)29-35/h1-7,9-22,24-29H,8,23H2. The highest BCUT2D eigenvalue weighted by Crippen LogP contribution is 2.39. The van der Waals surface area contributed by atoms with Crippen LogP contribution in [0.15, 0.2) is 158 Å². The number of fused-ring (bicyclic) bond motifs is 6. The normalized spacial score (nSPS) is 12.3. The van der Waals surface area contributed by atoms with Crippen molar-refractivity contribution in [2.45, 2.75) is 12.8 Å². The maximum Gasteiger partial charge on any atom is 0.164 e. The Hall–Kier alpha value is -6.19. The van der Waals surface area contributed by atoms with Gasteiger partial charge in [0.05, 0.1) is 0 Å². The van der Waals surface area contributed by atoms with Crippen molar-refractivity contribution in [2.24, 2.45) is 0 Å². The fourth-order valence-corrected chi connectivity index (χ4v) is 7.01. The van der Waals surface area contributed by atoms with Crippen LogP contribution in [0.4, 0.5) is 0 Å². The lowest BCUT2D eigenvalue weighted by Crippen LogP contribution is -2.00. The fraction of sp³-hybridized carbons (Fsp3) is 0.0444. The monoisotopic (exact) mass is 613 g/mol. The molecule has 8 aromatic rings. The van der Waals surface area contributed by atoms with E-state index in [4.69, 9.17) is 15.0 Å². The molecule has 1 aliphatic rings. The summed E-state index contributed by atoms with van der Waals surface area (Å²) in [5.41, 5.74) is 10.4. The lowest BCUT2D eigenvalue weighted by atomic mass is 9.85. The second-order valence-corrected chi connectivity index (χ2v) is 12.3. The zero-order chi connectivity index (χ0) is 31.9. The second-order valence-electron chi connectivity index (χ2n) is 12.3. The molecule has 0 aliphatic heterocycles.